The molecule has 2 aromatic carbocycles. The van der Waals surface area contributed by atoms with E-state index in [1.807, 2.05) is 42.5 Å². The molecule has 0 bridgehead atoms. The van der Waals surface area contributed by atoms with Crippen molar-refractivity contribution in [2.24, 2.45) is 0 Å². The second-order valence-electron chi connectivity index (χ2n) is 6.71. The summed E-state index contributed by atoms with van der Waals surface area (Å²) in [7, 11) is 1.62. The lowest BCUT2D eigenvalue weighted by atomic mass is 10.1. The number of carbonyl (C=O) groups excluding carboxylic acids is 2. The summed E-state index contributed by atoms with van der Waals surface area (Å²) in [6, 6.07) is 16.3. The summed E-state index contributed by atoms with van der Waals surface area (Å²) in [4.78, 5) is 27.5. The minimum atomic E-state index is -0.921. The van der Waals surface area contributed by atoms with Gasteiger partial charge in [0.1, 0.15) is 0 Å². The van der Waals surface area contributed by atoms with Crippen molar-refractivity contribution in [2.75, 3.05) is 20.2 Å². The van der Waals surface area contributed by atoms with Crippen molar-refractivity contribution in [3.05, 3.63) is 71.3 Å². The Labute approximate surface area is 159 Å². The molecule has 0 radical (unpaired) electrons. The Morgan fingerprint density at radius 2 is 1.63 bits per heavy atom. The zero-order valence-electron chi connectivity index (χ0n) is 15.6. The van der Waals surface area contributed by atoms with Crippen LogP contribution in [0.4, 0.5) is 0 Å². The summed E-state index contributed by atoms with van der Waals surface area (Å²) < 4.78 is 10.8. The van der Waals surface area contributed by atoms with Crippen LogP contribution in [0.3, 0.4) is 0 Å². The van der Waals surface area contributed by atoms with E-state index < -0.39 is 12.1 Å². The Balaban J connectivity index is 1.78. The Bertz CT molecular complexity index is 752. The number of nitrogens with zero attached hydrogens (tertiary/aromatic N) is 1. The van der Waals surface area contributed by atoms with Crippen LogP contribution >= 0.6 is 0 Å². The van der Waals surface area contributed by atoms with Crippen molar-refractivity contribution in [3.8, 4) is 0 Å². The molecule has 0 aromatic heterocycles. The van der Waals surface area contributed by atoms with Crippen LogP contribution < -0.4 is 0 Å². The third kappa shape index (κ3) is 4.95. The number of hydrogen-bond donors (Lipinski definition) is 0. The smallest absolute Gasteiger partial charge is 0.339 e. The van der Waals surface area contributed by atoms with E-state index in [-0.39, 0.29) is 5.91 Å². The molecule has 0 unspecified atom stereocenters. The van der Waals surface area contributed by atoms with E-state index in [9.17, 15) is 9.59 Å². The summed E-state index contributed by atoms with van der Waals surface area (Å²) >= 11 is 0. The van der Waals surface area contributed by atoms with E-state index in [2.05, 4.69) is 0 Å². The van der Waals surface area contributed by atoms with Crippen molar-refractivity contribution in [3.63, 3.8) is 0 Å². The highest BCUT2D eigenvalue weighted by molar-refractivity contribution is 5.92. The standard InChI is InChI=1S/C22H25NO4/c1-26-16-17-10-12-19(13-11-17)22(25)27-20(18-8-4-2-5-9-18)21(24)23-14-6-3-7-15-23/h2,4-5,8-13,20H,3,6-7,14-16H2,1H3/t20-/m0/s1. The Morgan fingerprint density at radius 1 is 0.963 bits per heavy atom. The number of methoxy groups -OCH3 is 1. The first-order chi connectivity index (χ1) is 13.2. The van der Waals surface area contributed by atoms with Gasteiger partial charge in [0.2, 0.25) is 6.10 Å². The van der Waals surface area contributed by atoms with Gasteiger partial charge in [-0.25, -0.2) is 4.79 Å². The number of esters is 1. The topological polar surface area (TPSA) is 55.8 Å². The largest absolute Gasteiger partial charge is 0.444 e. The molecule has 3 rings (SSSR count). The molecular weight excluding hydrogens is 342 g/mol. The molecule has 142 valence electrons. The van der Waals surface area contributed by atoms with Gasteiger partial charge in [-0.15, -0.1) is 0 Å². The number of carbonyl (C=O) groups is 2. The maximum Gasteiger partial charge on any atom is 0.339 e. The van der Waals surface area contributed by atoms with Crippen molar-refractivity contribution in [2.45, 2.75) is 32.0 Å². The molecular formula is C22H25NO4. The molecule has 0 saturated carbocycles. The number of rotatable bonds is 6. The molecule has 2 aromatic rings. The predicted octanol–water partition coefficient (Wildman–Crippen LogP) is 3.74. The summed E-state index contributed by atoms with van der Waals surface area (Å²) in [5.74, 6) is -0.650. The number of likely N-dealkylation sites (tertiary alicyclic amines) is 1. The SMILES string of the molecule is COCc1ccc(C(=O)O[C@H](C(=O)N2CCCCC2)c2ccccc2)cc1. The minimum absolute atomic E-state index is 0.148. The van der Waals surface area contributed by atoms with Gasteiger partial charge in [0.25, 0.3) is 5.91 Å². The Hall–Kier alpha value is -2.66. The average molecular weight is 367 g/mol. The van der Waals surface area contributed by atoms with Gasteiger partial charge in [0.15, 0.2) is 0 Å². The molecule has 27 heavy (non-hydrogen) atoms. The molecule has 1 atom stereocenters. The van der Waals surface area contributed by atoms with Crippen LogP contribution in [-0.2, 0) is 20.9 Å². The third-order valence-corrected chi connectivity index (χ3v) is 4.72. The van der Waals surface area contributed by atoms with E-state index in [1.165, 1.54) is 0 Å². The minimum Gasteiger partial charge on any atom is -0.444 e. The highest BCUT2D eigenvalue weighted by atomic mass is 16.5. The van der Waals surface area contributed by atoms with Crippen molar-refractivity contribution in [1.82, 2.24) is 4.90 Å². The number of piperidine rings is 1. The molecule has 0 N–H and O–H groups in total. The Kier molecular flexibility index (Phi) is 6.60. The molecule has 1 amide bonds. The van der Waals surface area contributed by atoms with E-state index >= 15 is 0 Å². The first-order valence-electron chi connectivity index (χ1n) is 9.31. The van der Waals surface area contributed by atoms with Gasteiger partial charge in [-0.2, -0.15) is 0 Å². The van der Waals surface area contributed by atoms with E-state index in [1.54, 1.807) is 24.1 Å². The fourth-order valence-electron chi connectivity index (χ4n) is 3.25. The average Bonchev–Trinajstić information content (AvgIpc) is 2.73. The molecule has 1 saturated heterocycles. The highest BCUT2D eigenvalue weighted by Crippen LogP contribution is 2.24. The third-order valence-electron chi connectivity index (χ3n) is 4.72. The lowest BCUT2D eigenvalue weighted by Crippen LogP contribution is -2.40. The quantitative estimate of drug-likeness (QED) is 0.730. The molecule has 0 aliphatic carbocycles. The fraction of sp³-hybridized carbons (Fsp3) is 0.364. The van der Waals surface area contributed by atoms with Crippen molar-refractivity contribution >= 4 is 11.9 Å². The van der Waals surface area contributed by atoms with Crippen molar-refractivity contribution in [1.29, 1.82) is 0 Å². The number of ether oxygens (including phenoxy) is 2. The summed E-state index contributed by atoms with van der Waals surface area (Å²) in [5, 5.41) is 0. The van der Waals surface area contributed by atoms with E-state index in [0.29, 0.717) is 30.8 Å². The van der Waals surface area contributed by atoms with E-state index in [4.69, 9.17) is 9.47 Å². The van der Waals surface area contributed by atoms with Gasteiger partial charge in [-0.1, -0.05) is 42.5 Å². The summed E-state index contributed by atoms with van der Waals surface area (Å²) in [6.45, 7) is 1.91. The summed E-state index contributed by atoms with van der Waals surface area (Å²) in [6.07, 6.45) is 2.19. The van der Waals surface area contributed by atoms with Gasteiger partial charge in [-0.05, 0) is 37.0 Å². The number of hydrogen-bond acceptors (Lipinski definition) is 4. The molecule has 1 aliphatic rings. The van der Waals surface area contributed by atoms with Gasteiger partial charge >= 0.3 is 5.97 Å². The number of benzene rings is 2. The molecule has 5 heteroatoms. The van der Waals surface area contributed by atoms with E-state index in [0.717, 1.165) is 24.8 Å². The number of amides is 1. The zero-order chi connectivity index (χ0) is 19.1. The van der Waals surface area contributed by atoms with Gasteiger partial charge in [0, 0.05) is 25.8 Å². The van der Waals surface area contributed by atoms with Crippen LogP contribution in [0.25, 0.3) is 0 Å². The fourth-order valence-corrected chi connectivity index (χ4v) is 3.25. The van der Waals surface area contributed by atoms with Gasteiger partial charge < -0.3 is 14.4 Å². The second-order valence-corrected chi connectivity index (χ2v) is 6.71. The molecule has 1 fully saturated rings. The van der Waals surface area contributed by atoms with Crippen LogP contribution in [-0.4, -0.2) is 37.0 Å². The van der Waals surface area contributed by atoms with Gasteiger partial charge in [0.05, 0.1) is 12.2 Å². The molecule has 1 aliphatic heterocycles. The summed E-state index contributed by atoms with van der Waals surface area (Å²) in [5.41, 5.74) is 2.08. The maximum absolute atomic E-state index is 13.0. The van der Waals surface area contributed by atoms with Crippen LogP contribution in [0.1, 0.15) is 46.9 Å². The second kappa shape index (κ2) is 9.33. The van der Waals surface area contributed by atoms with Crippen LogP contribution in [0.5, 0.6) is 0 Å². The lowest BCUT2D eigenvalue weighted by Gasteiger charge is -2.30. The van der Waals surface area contributed by atoms with Gasteiger partial charge in [-0.3, -0.25) is 4.79 Å². The van der Waals surface area contributed by atoms with Crippen molar-refractivity contribution < 1.29 is 19.1 Å². The molecule has 5 nitrogen and oxygen atoms in total. The highest BCUT2D eigenvalue weighted by Gasteiger charge is 2.30. The predicted molar refractivity (Wildman–Crippen MR) is 102 cm³/mol. The first-order valence-corrected chi connectivity index (χ1v) is 9.31. The zero-order valence-corrected chi connectivity index (χ0v) is 15.6. The maximum atomic E-state index is 13.0. The Morgan fingerprint density at radius 3 is 2.26 bits per heavy atom. The van der Waals surface area contributed by atoms with Crippen LogP contribution in [0.2, 0.25) is 0 Å². The molecule has 1 heterocycles. The normalized spacial score (nSPS) is 15.2. The van der Waals surface area contributed by atoms with Crippen LogP contribution in [0, 0.1) is 0 Å². The van der Waals surface area contributed by atoms with Crippen LogP contribution in [0.15, 0.2) is 54.6 Å². The molecule has 0 spiro atoms. The monoisotopic (exact) mass is 367 g/mol. The first kappa shape index (κ1) is 19.1. The lowest BCUT2D eigenvalue weighted by molar-refractivity contribution is -0.142.